The number of nitrogens with two attached hydrogens (primary N) is 1. The van der Waals surface area contributed by atoms with Crippen molar-refractivity contribution in [2.24, 2.45) is 0 Å². The number of rotatable bonds is 0. The van der Waals surface area contributed by atoms with Crippen LogP contribution in [0.1, 0.15) is 0 Å². The second kappa shape index (κ2) is 5.58. The largest absolute Gasteiger partial charge is 0.399 e. The van der Waals surface area contributed by atoms with Crippen LogP contribution in [0.25, 0.3) is 0 Å². The zero-order valence-electron chi connectivity index (χ0n) is 5.68. The minimum Gasteiger partial charge on any atom is -0.399 e. The maximum atomic E-state index is 9.67. The van der Waals surface area contributed by atoms with Gasteiger partial charge in [0.25, 0.3) is 0 Å². The monoisotopic (exact) mass is 163 g/mol. The summed E-state index contributed by atoms with van der Waals surface area (Å²) in [5, 5.41) is 0. The van der Waals surface area contributed by atoms with E-state index in [0.717, 1.165) is 5.69 Å². The highest BCUT2D eigenvalue weighted by atomic mass is 19.4. The molecule has 0 aromatic heterocycles. The Labute approximate surface area is 62.6 Å². The lowest BCUT2D eigenvalue weighted by atomic mass is 10.3. The van der Waals surface area contributed by atoms with Crippen LogP contribution in [0.3, 0.4) is 0 Å². The molecule has 1 aromatic carbocycles. The Bertz CT molecular complexity index is 174. The highest BCUT2D eigenvalue weighted by molar-refractivity contribution is 5.35. The first-order valence-electron chi connectivity index (χ1n) is 2.85. The third kappa shape index (κ3) is 8.81. The molecule has 62 valence electrons. The van der Waals surface area contributed by atoms with Crippen molar-refractivity contribution < 1.29 is 13.2 Å². The molecule has 0 spiro atoms. The van der Waals surface area contributed by atoms with Crippen LogP contribution in [-0.4, -0.2) is 6.68 Å². The summed E-state index contributed by atoms with van der Waals surface area (Å²) < 4.78 is 29.0. The summed E-state index contributed by atoms with van der Waals surface area (Å²) in [7, 11) is 0. The number of halogens is 3. The second-order valence-electron chi connectivity index (χ2n) is 1.66. The third-order valence-corrected chi connectivity index (χ3v) is 0.800. The second-order valence-corrected chi connectivity index (χ2v) is 1.66. The van der Waals surface area contributed by atoms with E-state index in [9.17, 15) is 13.2 Å². The van der Waals surface area contributed by atoms with Crippen LogP contribution < -0.4 is 5.73 Å². The van der Waals surface area contributed by atoms with Crippen LogP contribution in [0.4, 0.5) is 18.9 Å². The van der Waals surface area contributed by atoms with Crippen molar-refractivity contribution in [1.29, 1.82) is 0 Å². The minimum absolute atomic E-state index is 0.822. The Kier molecular flexibility index (Phi) is 4.98. The SMILES string of the molecule is FC(F)F.Nc1ccccc1. The van der Waals surface area contributed by atoms with Crippen molar-refractivity contribution in [1.82, 2.24) is 0 Å². The fraction of sp³-hybridized carbons (Fsp3) is 0.143. The number of alkyl halides is 3. The van der Waals surface area contributed by atoms with Crippen LogP contribution >= 0.6 is 0 Å². The maximum Gasteiger partial charge on any atom is 0.379 e. The fourth-order valence-corrected chi connectivity index (χ4v) is 0.453. The number of nitrogen functional groups attached to an aromatic ring is 1. The number of para-hydroxylation sites is 1. The van der Waals surface area contributed by atoms with Crippen molar-refractivity contribution in [2.45, 2.75) is 6.68 Å². The average molecular weight is 163 g/mol. The van der Waals surface area contributed by atoms with E-state index in [4.69, 9.17) is 5.73 Å². The predicted molar refractivity (Wildman–Crippen MR) is 38.0 cm³/mol. The lowest BCUT2D eigenvalue weighted by molar-refractivity contribution is 0.00819. The summed E-state index contributed by atoms with van der Waals surface area (Å²) in [5.41, 5.74) is 6.18. The predicted octanol–water partition coefficient (Wildman–Crippen LogP) is 2.45. The van der Waals surface area contributed by atoms with Crippen molar-refractivity contribution in [3.63, 3.8) is 0 Å². The summed E-state index contributed by atoms with van der Waals surface area (Å²) in [6.07, 6.45) is 0. The summed E-state index contributed by atoms with van der Waals surface area (Å²) in [5.74, 6) is 0. The Morgan fingerprint density at radius 2 is 1.36 bits per heavy atom. The summed E-state index contributed by atoms with van der Waals surface area (Å²) in [6, 6.07) is 9.49. The summed E-state index contributed by atoms with van der Waals surface area (Å²) in [6.45, 7) is -3.67. The molecule has 11 heavy (non-hydrogen) atoms. The van der Waals surface area contributed by atoms with Gasteiger partial charge in [-0.2, -0.15) is 13.2 Å². The summed E-state index contributed by atoms with van der Waals surface area (Å²) in [4.78, 5) is 0. The maximum absolute atomic E-state index is 9.67. The van der Waals surface area contributed by atoms with Gasteiger partial charge in [-0.05, 0) is 12.1 Å². The fourth-order valence-electron chi connectivity index (χ4n) is 0.453. The molecule has 0 fully saturated rings. The average Bonchev–Trinajstić information content (AvgIpc) is 1.87. The van der Waals surface area contributed by atoms with E-state index in [1.54, 1.807) is 0 Å². The van der Waals surface area contributed by atoms with Gasteiger partial charge in [-0.25, -0.2) is 0 Å². The molecule has 0 saturated heterocycles. The van der Waals surface area contributed by atoms with Crippen LogP contribution in [-0.2, 0) is 0 Å². The topological polar surface area (TPSA) is 26.0 Å². The molecule has 2 N–H and O–H groups in total. The number of anilines is 1. The van der Waals surface area contributed by atoms with Gasteiger partial charge in [-0.1, -0.05) is 18.2 Å². The third-order valence-electron chi connectivity index (χ3n) is 0.800. The van der Waals surface area contributed by atoms with Crippen molar-refractivity contribution >= 4 is 5.69 Å². The van der Waals surface area contributed by atoms with E-state index in [-0.39, 0.29) is 0 Å². The molecular weight excluding hydrogens is 155 g/mol. The van der Waals surface area contributed by atoms with Gasteiger partial charge in [0.15, 0.2) is 0 Å². The molecular formula is C7H8F3N. The molecule has 0 aliphatic heterocycles. The molecule has 0 amide bonds. The first-order valence-corrected chi connectivity index (χ1v) is 2.85. The van der Waals surface area contributed by atoms with E-state index >= 15 is 0 Å². The molecule has 0 heterocycles. The Morgan fingerprint density at radius 3 is 1.55 bits per heavy atom. The molecule has 0 saturated carbocycles. The first-order chi connectivity index (χ1) is 5.13. The van der Waals surface area contributed by atoms with E-state index in [1.807, 2.05) is 30.3 Å². The number of hydrogen-bond acceptors (Lipinski definition) is 1. The quantitative estimate of drug-likeness (QED) is 0.584. The van der Waals surface area contributed by atoms with Gasteiger partial charge >= 0.3 is 6.68 Å². The van der Waals surface area contributed by atoms with Gasteiger partial charge in [-0.3, -0.25) is 0 Å². The van der Waals surface area contributed by atoms with E-state index in [1.165, 1.54) is 0 Å². The molecule has 0 unspecified atom stereocenters. The Morgan fingerprint density at radius 1 is 1.00 bits per heavy atom. The summed E-state index contributed by atoms with van der Waals surface area (Å²) >= 11 is 0. The van der Waals surface area contributed by atoms with Crippen molar-refractivity contribution in [3.8, 4) is 0 Å². The first kappa shape index (κ1) is 9.81. The molecule has 0 bridgehead atoms. The molecule has 0 aliphatic carbocycles. The van der Waals surface area contributed by atoms with Crippen LogP contribution in [0.5, 0.6) is 0 Å². The minimum atomic E-state index is -3.67. The highest BCUT2D eigenvalue weighted by Crippen LogP contribution is 1.95. The van der Waals surface area contributed by atoms with E-state index < -0.39 is 6.68 Å². The van der Waals surface area contributed by atoms with Gasteiger partial charge in [0.1, 0.15) is 0 Å². The van der Waals surface area contributed by atoms with Crippen LogP contribution in [0.15, 0.2) is 30.3 Å². The molecule has 4 heteroatoms. The zero-order chi connectivity index (χ0) is 8.69. The lowest BCUT2D eigenvalue weighted by Crippen LogP contribution is -1.79. The van der Waals surface area contributed by atoms with E-state index in [0.29, 0.717) is 0 Å². The van der Waals surface area contributed by atoms with Crippen molar-refractivity contribution in [3.05, 3.63) is 30.3 Å². The standard InChI is InChI=1S/C6H7N.CHF3/c7-6-4-2-1-3-5-6;2-1(3)4/h1-5H,7H2;1H. The van der Waals surface area contributed by atoms with Gasteiger partial charge < -0.3 is 5.73 Å². The molecule has 1 nitrogen and oxygen atoms in total. The van der Waals surface area contributed by atoms with Gasteiger partial charge in [0.2, 0.25) is 0 Å². The zero-order valence-corrected chi connectivity index (χ0v) is 5.68. The van der Waals surface area contributed by atoms with Gasteiger partial charge in [0, 0.05) is 5.69 Å². The smallest absolute Gasteiger partial charge is 0.379 e. The Hall–Kier alpha value is -1.19. The number of benzene rings is 1. The number of hydrogen-bond donors (Lipinski definition) is 1. The lowest BCUT2D eigenvalue weighted by Gasteiger charge is -1.83. The molecule has 0 radical (unpaired) electrons. The highest BCUT2D eigenvalue weighted by Gasteiger charge is 1.86. The molecule has 1 rings (SSSR count). The van der Waals surface area contributed by atoms with Crippen molar-refractivity contribution in [2.75, 3.05) is 5.73 Å². The van der Waals surface area contributed by atoms with Gasteiger partial charge in [0.05, 0.1) is 0 Å². The van der Waals surface area contributed by atoms with Crippen LogP contribution in [0.2, 0.25) is 0 Å². The van der Waals surface area contributed by atoms with Crippen LogP contribution in [0, 0.1) is 0 Å². The molecule has 0 atom stereocenters. The molecule has 0 aliphatic rings. The van der Waals surface area contributed by atoms with Gasteiger partial charge in [-0.15, -0.1) is 0 Å². The van der Waals surface area contributed by atoms with E-state index in [2.05, 4.69) is 0 Å². The Balaban J connectivity index is 0.000000218. The molecule has 1 aromatic rings. The normalized spacial score (nSPS) is 8.73.